The zero-order chi connectivity index (χ0) is 12.3. The van der Waals surface area contributed by atoms with Gasteiger partial charge in [0.1, 0.15) is 12.2 Å². The van der Waals surface area contributed by atoms with Crippen LogP contribution in [0.15, 0.2) is 6.33 Å². The second-order valence-corrected chi connectivity index (χ2v) is 6.20. The fourth-order valence-corrected chi connectivity index (χ4v) is 2.02. The predicted molar refractivity (Wildman–Crippen MR) is 59.7 cm³/mol. The summed E-state index contributed by atoms with van der Waals surface area (Å²) in [7, 11) is -3.23. The third-order valence-corrected chi connectivity index (χ3v) is 4.27. The van der Waals surface area contributed by atoms with Gasteiger partial charge in [0.2, 0.25) is 0 Å². The molecule has 1 aromatic rings. The summed E-state index contributed by atoms with van der Waals surface area (Å²) in [4.78, 5) is 3.99. The normalized spacial score (nSPS) is 16.0. The number of nitrogens with zero attached hydrogens (tertiary/aromatic N) is 3. The van der Waals surface area contributed by atoms with Crippen LogP contribution in [-0.2, 0) is 22.8 Å². The van der Waals surface area contributed by atoms with Crippen LogP contribution < -0.4 is 0 Å². The Morgan fingerprint density at radius 3 is 2.69 bits per heavy atom. The van der Waals surface area contributed by atoms with Gasteiger partial charge >= 0.3 is 0 Å². The Kier molecular flexibility index (Phi) is 4.03. The monoisotopic (exact) mass is 247 g/mol. The number of aromatic nitrogens is 3. The lowest BCUT2D eigenvalue weighted by Crippen LogP contribution is -2.33. The number of sulfone groups is 1. The molecule has 2 atom stereocenters. The second kappa shape index (κ2) is 4.92. The first-order valence-corrected chi connectivity index (χ1v) is 7.05. The molecule has 92 valence electrons. The van der Waals surface area contributed by atoms with Crippen molar-refractivity contribution in [3.8, 4) is 0 Å². The van der Waals surface area contributed by atoms with Crippen molar-refractivity contribution in [2.75, 3.05) is 6.26 Å². The zero-order valence-corrected chi connectivity index (χ0v) is 10.5. The number of aryl methyl sites for hydroxylation is 1. The lowest BCUT2D eigenvalue weighted by Gasteiger charge is -2.16. The molecule has 6 nitrogen and oxygen atoms in total. The van der Waals surface area contributed by atoms with Crippen molar-refractivity contribution in [3.05, 3.63) is 12.2 Å². The number of aliphatic hydroxyl groups is 1. The van der Waals surface area contributed by atoms with Crippen LogP contribution in [0.3, 0.4) is 0 Å². The van der Waals surface area contributed by atoms with E-state index in [-0.39, 0.29) is 6.42 Å². The molecule has 1 rings (SSSR count). The molecule has 0 bridgehead atoms. The van der Waals surface area contributed by atoms with E-state index in [0.29, 0.717) is 12.4 Å². The third-order valence-electron chi connectivity index (χ3n) is 2.60. The maximum absolute atomic E-state index is 11.3. The molecule has 0 fully saturated rings. The topological polar surface area (TPSA) is 85.1 Å². The summed E-state index contributed by atoms with van der Waals surface area (Å²) in [5.74, 6) is 0.602. The van der Waals surface area contributed by atoms with Gasteiger partial charge in [0.15, 0.2) is 9.84 Å². The Bertz CT molecular complexity index is 441. The highest BCUT2D eigenvalue weighted by Gasteiger charge is 2.25. The third kappa shape index (κ3) is 3.02. The van der Waals surface area contributed by atoms with Crippen molar-refractivity contribution in [2.24, 2.45) is 0 Å². The van der Waals surface area contributed by atoms with Crippen LogP contribution >= 0.6 is 0 Å². The molecule has 7 heteroatoms. The van der Waals surface area contributed by atoms with E-state index >= 15 is 0 Å². The fraction of sp³-hybridized carbons (Fsp3) is 0.778. The van der Waals surface area contributed by atoms with E-state index in [1.807, 2.05) is 6.92 Å². The maximum Gasteiger partial charge on any atom is 0.152 e. The van der Waals surface area contributed by atoms with Gasteiger partial charge in [0.05, 0.1) is 11.4 Å². The van der Waals surface area contributed by atoms with E-state index in [0.717, 1.165) is 6.26 Å². The molecule has 0 saturated carbocycles. The van der Waals surface area contributed by atoms with Gasteiger partial charge in [-0.1, -0.05) is 0 Å². The SMILES string of the molecule is CCn1ncnc1CC(O)C(C)S(C)(=O)=O. The van der Waals surface area contributed by atoms with Gasteiger partial charge < -0.3 is 5.11 Å². The summed E-state index contributed by atoms with van der Waals surface area (Å²) in [5, 5.41) is 12.9. The molecule has 2 unspecified atom stereocenters. The van der Waals surface area contributed by atoms with Gasteiger partial charge in [0.25, 0.3) is 0 Å². The number of rotatable bonds is 5. The molecule has 0 amide bonds. The summed E-state index contributed by atoms with van der Waals surface area (Å²) >= 11 is 0. The minimum Gasteiger partial charge on any atom is -0.391 e. The van der Waals surface area contributed by atoms with E-state index < -0.39 is 21.2 Å². The van der Waals surface area contributed by atoms with Crippen molar-refractivity contribution in [1.82, 2.24) is 14.8 Å². The van der Waals surface area contributed by atoms with Crippen LogP contribution in [0.1, 0.15) is 19.7 Å². The quantitative estimate of drug-likeness (QED) is 0.767. The highest BCUT2D eigenvalue weighted by atomic mass is 32.2. The van der Waals surface area contributed by atoms with E-state index in [2.05, 4.69) is 10.1 Å². The average molecular weight is 247 g/mol. The standard InChI is InChI=1S/C9H17N3O3S/c1-4-12-9(10-6-11-12)5-8(13)7(2)16(3,14)15/h6-8,13H,4-5H2,1-3H3. The van der Waals surface area contributed by atoms with Crippen LogP contribution in [0.5, 0.6) is 0 Å². The highest BCUT2D eigenvalue weighted by molar-refractivity contribution is 7.91. The molecule has 0 aromatic carbocycles. The molecule has 0 saturated heterocycles. The average Bonchev–Trinajstić information content (AvgIpc) is 2.62. The summed E-state index contributed by atoms with van der Waals surface area (Å²) in [6.45, 7) is 4.05. The first-order valence-electron chi connectivity index (χ1n) is 5.09. The smallest absolute Gasteiger partial charge is 0.152 e. The number of aliphatic hydroxyl groups excluding tert-OH is 1. The fourth-order valence-electron chi connectivity index (χ4n) is 1.35. The van der Waals surface area contributed by atoms with Crippen molar-refractivity contribution in [1.29, 1.82) is 0 Å². The van der Waals surface area contributed by atoms with E-state index in [1.165, 1.54) is 13.3 Å². The molecule has 0 aliphatic carbocycles. The van der Waals surface area contributed by atoms with Gasteiger partial charge in [-0.25, -0.2) is 13.4 Å². The van der Waals surface area contributed by atoms with E-state index in [1.54, 1.807) is 4.68 Å². The molecule has 1 aromatic heterocycles. The van der Waals surface area contributed by atoms with Gasteiger partial charge in [-0.3, -0.25) is 4.68 Å². The largest absolute Gasteiger partial charge is 0.391 e. The Morgan fingerprint density at radius 1 is 1.56 bits per heavy atom. The Morgan fingerprint density at radius 2 is 2.19 bits per heavy atom. The molecule has 1 heterocycles. The van der Waals surface area contributed by atoms with Crippen molar-refractivity contribution < 1.29 is 13.5 Å². The van der Waals surface area contributed by atoms with Crippen LogP contribution in [0, 0.1) is 0 Å². The minimum absolute atomic E-state index is 0.197. The Labute approximate surface area is 95.2 Å². The van der Waals surface area contributed by atoms with Crippen LogP contribution in [0.25, 0.3) is 0 Å². The molecule has 0 radical (unpaired) electrons. The number of hydrogen-bond donors (Lipinski definition) is 1. The van der Waals surface area contributed by atoms with Crippen molar-refractivity contribution >= 4 is 9.84 Å². The maximum atomic E-state index is 11.3. The summed E-state index contributed by atoms with van der Waals surface area (Å²) in [6.07, 6.45) is 1.76. The minimum atomic E-state index is -3.23. The van der Waals surface area contributed by atoms with E-state index in [4.69, 9.17) is 0 Å². The first-order chi connectivity index (χ1) is 7.36. The molecule has 0 spiro atoms. The molecule has 0 aliphatic rings. The predicted octanol–water partition coefficient (Wildman–Crippen LogP) is -0.365. The lowest BCUT2D eigenvalue weighted by molar-refractivity contribution is 0.169. The Hall–Kier alpha value is -0.950. The van der Waals surface area contributed by atoms with Gasteiger partial charge in [0, 0.05) is 19.2 Å². The Balaban J connectivity index is 2.75. The first kappa shape index (κ1) is 13.1. The van der Waals surface area contributed by atoms with Crippen LogP contribution in [-0.4, -0.2) is 45.9 Å². The molecule has 0 aliphatic heterocycles. The molecular weight excluding hydrogens is 230 g/mol. The molecular formula is C9H17N3O3S. The number of hydrogen-bond acceptors (Lipinski definition) is 5. The lowest BCUT2D eigenvalue weighted by atomic mass is 10.2. The summed E-state index contributed by atoms with van der Waals surface area (Å²) in [6, 6.07) is 0. The molecule has 16 heavy (non-hydrogen) atoms. The van der Waals surface area contributed by atoms with Crippen LogP contribution in [0.4, 0.5) is 0 Å². The van der Waals surface area contributed by atoms with Gasteiger partial charge in [-0.15, -0.1) is 0 Å². The van der Waals surface area contributed by atoms with E-state index in [9.17, 15) is 13.5 Å². The van der Waals surface area contributed by atoms with Crippen molar-refractivity contribution in [3.63, 3.8) is 0 Å². The zero-order valence-electron chi connectivity index (χ0n) is 9.66. The second-order valence-electron chi connectivity index (χ2n) is 3.80. The molecule has 1 N–H and O–H groups in total. The summed E-state index contributed by atoms with van der Waals surface area (Å²) < 4.78 is 24.1. The highest BCUT2D eigenvalue weighted by Crippen LogP contribution is 2.09. The van der Waals surface area contributed by atoms with Gasteiger partial charge in [-0.2, -0.15) is 5.10 Å². The van der Waals surface area contributed by atoms with Crippen LogP contribution in [0.2, 0.25) is 0 Å². The van der Waals surface area contributed by atoms with Gasteiger partial charge in [-0.05, 0) is 13.8 Å². The van der Waals surface area contributed by atoms with Crippen molar-refractivity contribution in [2.45, 2.75) is 38.2 Å². The summed E-state index contributed by atoms with van der Waals surface area (Å²) in [5.41, 5.74) is 0.